The summed E-state index contributed by atoms with van der Waals surface area (Å²) in [6.07, 6.45) is 1.73. The van der Waals surface area contributed by atoms with E-state index >= 15 is 0 Å². The lowest BCUT2D eigenvalue weighted by atomic mass is 10.1. The van der Waals surface area contributed by atoms with E-state index in [9.17, 15) is 14.4 Å². The fourth-order valence-corrected chi connectivity index (χ4v) is 6.39. The van der Waals surface area contributed by atoms with Crippen LogP contribution in [0.1, 0.15) is 42.3 Å². The zero-order chi connectivity index (χ0) is 34.8. The lowest BCUT2D eigenvalue weighted by molar-refractivity contribution is 0.0732. The van der Waals surface area contributed by atoms with Crippen LogP contribution in [-0.4, -0.2) is 79.0 Å². The number of fused-ring (bicyclic) bond motifs is 2. The Hall–Kier alpha value is -5.71. The molecule has 0 radical (unpaired) electrons. The van der Waals surface area contributed by atoms with Crippen LogP contribution < -0.4 is 18.9 Å². The van der Waals surface area contributed by atoms with E-state index in [1.807, 2.05) is 25.1 Å². The number of hydrogen-bond acceptors (Lipinski definition) is 9. The van der Waals surface area contributed by atoms with Crippen LogP contribution in [0.4, 0.5) is 0 Å². The quantitative estimate of drug-likeness (QED) is 0.102. The molecule has 4 aromatic carbocycles. The molecule has 1 aromatic heterocycles. The van der Waals surface area contributed by atoms with E-state index in [-0.39, 0.29) is 28.6 Å². The number of nitrogens with zero attached hydrogens (tertiary/aromatic N) is 3. The van der Waals surface area contributed by atoms with E-state index in [1.54, 1.807) is 73.8 Å². The van der Waals surface area contributed by atoms with Crippen LogP contribution in [-0.2, 0) is 6.54 Å². The van der Waals surface area contributed by atoms with Gasteiger partial charge in [0.05, 0.1) is 18.2 Å². The molecular formula is C40H37N3O7. The molecule has 7 rings (SSSR count). The molecule has 0 N–H and O–H groups in total. The molecule has 10 heteroatoms. The second-order valence-electron chi connectivity index (χ2n) is 12.4. The summed E-state index contributed by atoms with van der Waals surface area (Å²) in [6, 6.07) is 25.7. The highest BCUT2D eigenvalue weighted by Gasteiger charge is 2.34. The third kappa shape index (κ3) is 6.63. The first-order valence-corrected chi connectivity index (χ1v) is 16.5. The lowest BCUT2D eigenvalue weighted by Gasteiger charge is -2.32. The topological polar surface area (TPSA) is 99.5 Å². The molecule has 3 heterocycles. The number of carbonyl (C=O) groups is 3. The van der Waals surface area contributed by atoms with E-state index in [0.29, 0.717) is 16.9 Å². The van der Waals surface area contributed by atoms with Crippen molar-refractivity contribution in [3.8, 4) is 23.0 Å². The van der Waals surface area contributed by atoms with Gasteiger partial charge in [0.2, 0.25) is 5.78 Å². The molecule has 10 nitrogen and oxygen atoms in total. The number of Topliss-reactive ketones (excluding diaryl/α,β-unsaturated/α-hetero) is 1. The Labute approximate surface area is 290 Å². The van der Waals surface area contributed by atoms with Crippen LogP contribution in [0, 0.1) is 6.92 Å². The number of likely N-dealkylation sites (N-methyl/N-ethyl adjacent to an activating group) is 1. The summed E-state index contributed by atoms with van der Waals surface area (Å²) in [5.41, 5.74) is 3.49. The zero-order valence-electron chi connectivity index (χ0n) is 28.2. The molecule has 1 fully saturated rings. The molecule has 5 aromatic rings. The average molecular weight is 672 g/mol. The fourth-order valence-electron chi connectivity index (χ4n) is 6.39. The van der Waals surface area contributed by atoms with Crippen molar-refractivity contribution >= 4 is 34.7 Å². The maximum absolute atomic E-state index is 14.1. The Kier molecular flexibility index (Phi) is 9.21. The number of hydrogen-bond donors (Lipinski definition) is 0. The van der Waals surface area contributed by atoms with Crippen molar-refractivity contribution in [1.82, 2.24) is 14.4 Å². The van der Waals surface area contributed by atoms with E-state index in [2.05, 4.69) is 21.4 Å². The summed E-state index contributed by atoms with van der Waals surface area (Å²) in [7, 11) is 3.77. The number of benzene rings is 4. The monoisotopic (exact) mass is 671 g/mol. The van der Waals surface area contributed by atoms with Crippen molar-refractivity contribution in [2.45, 2.75) is 13.5 Å². The molecule has 0 saturated carbocycles. The predicted octanol–water partition coefficient (Wildman–Crippen LogP) is 6.26. The van der Waals surface area contributed by atoms with Gasteiger partial charge in [0, 0.05) is 73.6 Å². The van der Waals surface area contributed by atoms with Crippen molar-refractivity contribution in [2.75, 3.05) is 46.9 Å². The number of ether oxygens (including phenoxy) is 4. The number of methoxy groups -OCH3 is 1. The number of ketones is 1. The maximum atomic E-state index is 14.1. The molecule has 2 aliphatic rings. The summed E-state index contributed by atoms with van der Waals surface area (Å²) in [5.74, 6) is -0.904. The Morgan fingerprint density at radius 3 is 2.12 bits per heavy atom. The molecule has 0 unspecified atom stereocenters. The van der Waals surface area contributed by atoms with Crippen molar-refractivity contribution in [1.29, 1.82) is 0 Å². The van der Waals surface area contributed by atoms with E-state index < -0.39 is 17.7 Å². The first-order chi connectivity index (χ1) is 24.3. The van der Waals surface area contributed by atoms with Gasteiger partial charge in [-0.15, -0.1) is 0 Å². The maximum Gasteiger partial charge on any atom is 0.343 e. The number of piperazine rings is 1. The second-order valence-corrected chi connectivity index (χ2v) is 12.4. The first-order valence-electron chi connectivity index (χ1n) is 16.5. The van der Waals surface area contributed by atoms with Crippen LogP contribution >= 0.6 is 0 Å². The number of allylic oxidation sites excluding steroid dienone is 1. The molecular weight excluding hydrogens is 634 g/mol. The third-order valence-electron chi connectivity index (χ3n) is 9.23. The Morgan fingerprint density at radius 1 is 0.800 bits per heavy atom. The van der Waals surface area contributed by atoms with Gasteiger partial charge in [-0.3, -0.25) is 9.69 Å². The van der Waals surface area contributed by atoms with Crippen LogP contribution in [0.15, 0.2) is 96.8 Å². The average Bonchev–Trinajstić information content (AvgIpc) is 3.59. The minimum absolute atomic E-state index is 0.0487. The third-order valence-corrected chi connectivity index (χ3v) is 9.23. The molecule has 50 heavy (non-hydrogen) atoms. The van der Waals surface area contributed by atoms with Gasteiger partial charge in [-0.2, -0.15) is 0 Å². The van der Waals surface area contributed by atoms with Gasteiger partial charge in [0.15, 0.2) is 5.76 Å². The molecule has 0 bridgehead atoms. The predicted molar refractivity (Wildman–Crippen MR) is 189 cm³/mol. The molecule has 1 saturated heterocycles. The number of aromatic nitrogens is 1. The summed E-state index contributed by atoms with van der Waals surface area (Å²) in [6.45, 7) is 7.79. The highest BCUT2D eigenvalue weighted by molar-refractivity contribution is 6.17. The van der Waals surface area contributed by atoms with Crippen molar-refractivity contribution in [3.05, 3.63) is 125 Å². The molecule has 0 spiro atoms. The molecule has 0 amide bonds. The fraction of sp³-hybridized carbons (Fsp3) is 0.225. The standard InChI is InChI=1S/C40H37N3O7/c1-26-31(32-22-29(47-3)14-15-33(32)43(26)21-20-42-18-16-41(2)17-19-42)25-36-38(44)37-34(49-36)23-30(48-39(45)27-10-6-4-7-11-27)24-35(37)50-40(46)28-12-8-5-9-13-28/h4-15,22-25H,16-21H2,1-3H3. The Morgan fingerprint density at radius 2 is 1.46 bits per heavy atom. The summed E-state index contributed by atoms with van der Waals surface area (Å²) in [5, 5.41) is 0.910. The van der Waals surface area contributed by atoms with Crippen LogP contribution in [0.3, 0.4) is 0 Å². The Balaban J connectivity index is 1.25. The van der Waals surface area contributed by atoms with Gasteiger partial charge < -0.3 is 28.4 Å². The summed E-state index contributed by atoms with van der Waals surface area (Å²) in [4.78, 5) is 45.0. The Bertz CT molecular complexity index is 2110. The summed E-state index contributed by atoms with van der Waals surface area (Å²) >= 11 is 0. The van der Waals surface area contributed by atoms with Gasteiger partial charge in [-0.25, -0.2) is 9.59 Å². The van der Waals surface area contributed by atoms with Crippen LogP contribution in [0.25, 0.3) is 17.0 Å². The van der Waals surface area contributed by atoms with Crippen molar-refractivity contribution < 1.29 is 33.3 Å². The minimum atomic E-state index is -0.670. The van der Waals surface area contributed by atoms with Crippen LogP contribution in [0.2, 0.25) is 0 Å². The van der Waals surface area contributed by atoms with E-state index in [4.69, 9.17) is 18.9 Å². The molecule has 0 aliphatic carbocycles. The molecule has 2 aliphatic heterocycles. The smallest absolute Gasteiger partial charge is 0.343 e. The van der Waals surface area contributed by atoms with Gasteiger partial charge in [0.1, 0.15) is 28.6 Å². The lowest BCUT2D eigenvalue weighted by Crippen LogP contribution is -2.45. The van der Waals surface area contributed by atoms with Crippen molar-refractivity contribution in [2.24, 2.45) is 0 Å². The van der Waals surface area contributed by atoms with E-state index in [0.717, 1.165) is 61.4 Å². The van der Waals surface area contributed by atoms with E-state index in [1.165, 1.54) is 12.1 Å². The van der Waals surface area contributed by atoms with Crippen molar-refractivity contribution in [3.63, 3.8) is 0 Å². The SMILES string of the molecule is COc1ccc2c(c1)c(C=C1Oc3cc(OC(=O)c4ccccc4)cc(OC(=O)c4ccccc4)c3C1=O)c(C)n2CCN1CCN(C)CC1. The van der Waals surface area contributed by atoms with Gasteiger partial charge in [-0.1, -0.05) is 36.4 Å². The normalized spacial score (nSPS) is 15.6. The van der Waals surface area contributed by atoms with Gasteiger partial charge in [0.25, 0.3) is 0 Å². The highest BCUT2D eigenvalue weighted by atomic mass is 16.6. The first kappa shape index (κ1) is 32.8. The second kappa shape index (κ2) is 14.0. The van der Waals surface area contributed by atoms with Gasteiger partial charge in [-0.05, 0) is 62.5 Å². The minimum Gasteiger partial charge on any atom is -0.497 e. The van der Waals surface area contributed by atoms with Gasteiger partial charge >= 0.3 is 11.9 Å². The summed E-state index contributed by atoms with van der Waals surface area (Å²) < 4.78 is 25.5. The highest BCUT2D eigenvalue weighted by Crippen LogP contribution is 2.43. The zero-order valence-corrected chi connectivity index (χ0v) is 28.2. The number of rotatable bonds is 9. The molecule has 254 valence electrons. The van der Waals surface area contributed by atoms with Crippen LogP contribution in [0.5, 0.6) is 23.0 Å². The number of carbonyl (C=O) groups excluding carboxylic acids is 3. The largest absolute Gasteiger partial charge is 0.497 e. The molecule has 0 atom stereocenters. The number of esters is 2.